The summed E-state index contributed by atoms with van der Waals surface area (Å²) in [5, 5.41) is 13.5. The van der Waals surface area contributed by atoms with Crippen molar-refractivity contribution in [2.75, 3.05) is 11.9 Å². The Morgan fingerprint density at radius 2 is 1.75 bits per heavy atom. The number of phenolic OH excluding ortho intramolecular Hbond substituents is 1. The molecule has 4 aromatic rings. The maximum atomic E-state index is 12.0. The van der Waals surface area contributed by atoms with Gasteiger partial charge in [0.25, 0.3) is 5.91 Å². The number of rotatable bonds is 6. The van der Waals surface area contributed by atoms with Crippen LogP contribution in [0.5, 0.6) is 11.5 Å². The largest absolute Gasteiger partial charge is 0.504 e. The topological polar surface area (TPSA) is 71.5 Å². The number of carbonyl (C=O) groups is 1. The Bertz CT molecular complexity index is 1070. The number of aromatic hydroxyl groups is 1. The van der Waals surface area contributed by atoms with Crippen molar-refractivity contribution in [2.45, 2.75) is 6.42 Å². The van der Waals surface area contributed by atoms with E-state index in [2.05, 4.69) is 16.4 Å². The molecule has 0 bridgehead atoms. The van der Waals surface area contributed by atoms with Gasteiger partial charge in [0.05, 0.1) is 15.2 Å². The van der Waals surface area contributed by atoms with Crippen molar-refractivity contribution in [2.24, 2.45) is 0 Å². The van der Waals surface area contributed by atoms with Crippen molar-refractivity contribution in [1.29, 1.82) is 0 Å². The van der Waals surface area contributed by atoms with Crippen molar-refractivity contribution >= 4 is 33.1 Å². The van der Waals surface area contributed by atoms with Crippen LogP contribution < -0.4 is 10.1 Å². The van der Waals surface area contributed by atoms with Crippen molar-refractivity contribution in [1.82, 2.24) is 4.98 Å². The van der Waals surface area contributed by atoms with Crippen LogP contribution in [-0.2, 0) is 11.2 Å². The molecule has 0 radical (unpaired) electrons. The Morgan fingerprint density at radius 3 is 2.54 bits per heavy atom. The normalized spacial score (nSPS) is 10.7. The molecule has 0 unspecified atom stereocenters. The molecule has 0 spiro atoms. The van der Waals surface area contributed by atoms with Crippen molar-refractivity contribution in [3.63, 3.8) is 0 Å². The second kappa shape index (κ2) is 8.10. The molecule has 2 N–H and O–H groups in total. The zero-order valence-corrected chi connectivity index (χ0v) is 15.8. The zero-order valence-electron chi connectivity index (χ0n) is 15.0. The number of phenols is 1. The fraction of sp³-hybridized carbons (Fsp3) is 0.0909. The molecule has 3 aromatic carbocycles. The van der Waals surface area contributed by atoms with Crippen molar-refractivity contribution in [3.8, 4) is 11.5 Å². The molecule has 4 rings (SSSR count). The van der Waals surface area contributed by atoms with Gasteiger partial charge in [-0.3, -0.25) is 4.79 Å². The van der Waals surface area contributed by atoms with Gasteiger partial charge in [0.1, 0.15) is 0 Å². The minimum atomic E-state index is -0.290. The molecule has 0 fully saturated rings. The van der Waals surface area contributed by atoms with E-state index in [1.54, 1.807) is 29.5 Å². The van der Waals surface area contributed by atoms with Gasteiger partial charge >= 0.3 is 0 Å². The molecule has 0 aliphatic rings. The second-order valence-corrected chi connectivity index (χ2v) is 7.37. The van der Waals surface area contributed by atoms with Gasteiger partial charge in [0.2, 0.25) is 0 Å². The molecule has 1 aromatic heterocycles. The molecule has 6 heteroatoms. The highest BCUT2D eigenvalue weighted by Crippen LogP contribution is 2.25. The molecule has 140 valence electrons. The molecule has 1 amide bonds. The summed E-state index contributed by atoms with van der Waals surface area (Å²) in [6, 6.07) is 22.3. The van der Waals surface area contributed by atoms with Crippen LogP contribution in [0.3, 0.4) is 0 Å². The summed E-state index contributed by atoms with van der Waals surface area (Å²) in [7, 11) is 0. The number of aromatic nitrogens is 1. The summed E-state index contributed by atoms with van der Waals surface area (Å²) in [6.45, 7) is -0.176. The van der Waals surface area contributed by atoms with Crippen LogP contribution in [0.4, 0.5) is 5.69 Å². The summed E-state index contributed by atoms with van der Waals surface area (Å²) >= 11 is 1.69. The molecule has 28 heavy (non-hydrogen) atoms. The minimum Gasteiger partial charge on any atom is -0.504 e. The summed E-state index contributed by atoms with van der Waals surface area (Å²) in [5.41, 5.74) is 2.84. The highest BCUT2D eigenvalue weighted by atomic mass is 32.1. The smallest absolute Gasteiger partial charge is 0.262 e. The molecule has 0 atom stereocenters. The van der Waals surface area contributed by atoms with Crippen LogP contribution in [-0.4, -0.2) is 22.6 Å². The number of hydrogen-bond donors (Lipinski definition) is 2. The quantitative estimate of drug-likeness (QED) is 0.504. The number of carbonyl (C=O) groups excluding carboxylic acids is 1. The van der Waals surface area contributed by atoms with E-state index in [0.29, 0.717) is 5.69 Å². The third kappa shape index (κ3) is 4.29. The van der Waals surface area contributed by atoms with E-state index in [4.69, 9.17) is 4.74 Å². The predicted octanol–water partition coefficient (Wildman–Crippen LogP) is 4.61. The van der Waals surface area contributed by atoms with E-state index in [1.165, 1.54) is 10.8 Å². The third-order valence-electron chi connectivity index (χ3n) is 4.16. The lowest BCUT2D eigenvalue weighted by Crippen LogP contribution is -2.20. The van der Waals surface area contributed by atoms with E-state index in [-0.39, 0.29) is 24.0 Å². The van der Waals surface area contributed by atoms with Gasteiger partial charge in [-0.1, -0.05) is 36.4 Å². The number of para-hydroxylation sites is 3. The Kier molecular flexibility index (Phi) is 5.21. The summed E-state index contributed by atoms with van der Waals surface area (Å²) in [6.07, 6.45) is 0.754. The molecule has 0 saturated carbocycles. The standard InChI is InChI=1S/C22H18N2O3S/c25-18-6-2-3-7-19(18)27-14-21(26)23-16-11-9-15(10-12-16)13-22-24-17-5-1-4-8-20(17)28-22/h1-12,25H,13-14H2,(H,23,26). The predicted molar refractivity (Wildman–Crippen MR) is 111 cm³/mol. The first-order valence-electron chi connectivity index (χ1n) is 8.81. The first kappa shape index (κ1) is 18.0. The molecule has 1 heterocycles. The van der Waals surface area contributed by atoms with Gasteiger partial charge in [0.15, 0.2) is 18.1 Å². The number of fused-ring (bicyclic) bond motifs is 1. The number of nitrogens with one attached hydrogen (secondary N) is 1. The molecule has 0 aliphatic carbocycles. The lowest BCUT2D eigenvalue weighted by atomic mass is 10.1. The van der Waals surface area contributed by atoms with Crippen LogP contribution in [0.25, 0.3) is 10.2 Å². The molecule has 5 nitrogen and oxygen atoms in total. The first-order chi connectivity index (χ1) is 13.7. The lowest BCUT2D eigenvalue weighted by molar-refractivity contribution is -0.118. The van der Waals surface area contributed by atoms with E-state index in [1.807, 2.05) is 42.5 Å². The number of thiazole rings is 1. The number of amides is 1. The van der Waals surface area contributed by atoms with Crippen molar-refractivity contribution in [3.05, 3.63) is 83.4 Å². The third-order valence-corrected chi connectivity index (χ3v) is 5.19. The van der Waals surface area contributed by atoms with Crippen LogP contribution in [0.15, 0.2) is 72.8 Å². The molecular formula is C22H18N2O3S. The monoisotopic (exact) mass is 390 g/mol. The average molecular weight is 390 g/mol. The second-order valence-electron chi connectivity index (χ2n) is 6.25. The highest BCUT2D eigenvalue weighted by molar-refractivity contribution is 7.18. The van der Waals surface area contributed by atoms with Gasteiger partial charge in [-0.15, -0.1) is 11.3 Å². The van der Waals surface area contributed by atoms with Gasteiger partial charge in [-0.25, -0.2) is 4.98 Å². The van der Waals surface area contributed by atoms with E-state index < -0.39 is 0 Å². The number of hydrogen-bond acceptors (Lipinski definition) is 5. The van der Waals surface area contributed by atoms with Gasteiger partial charge in [0, 0.05) is 12.1 Å². The van der Waals surface area contributed by atoms with Gasteiger partial charge in [-0.05, 0) is 42.0 Å². The minimum absolute atomic E-state index is 0.00880. The van der Waals surface area contributed by atoms with Crippen LogP contribution in [0.1, 0.15) is 10.6 Å². The maximum absolute atomic E-state index is 12.0. The molecule has 0 saturated heterocycles. The fourth-order valence-electron chi connectivity index (χ4n) is 2.80. The van der Waals surface area contributed by atoms with Gasteiger partial charge < -0.3 is 15.2 Å². The van der Waals surface area contributed by atoms with Gasteiger partial charge in [-0.2, -0.15) is 0 Å². The lowest BCUT2D eigenvalue weighted by Gasteiger charge is -2.09. The first-order valence-corrected chi connectivity index (χ1v) is 9.63. The zero-order chi connectivity index (χ0) is 19.3. The highest BCUT2D eigenvalue weighted by Gasteiger charge is 2.08. The van der Waals surface area contributed by atoms with E-state index >= 15 is 0 Å². The number of anilines is 1. The summed E-state index contributed by atoms with van der Waals surface area (Å²) in [5.74, 6) is 0.000471. The van der Waals surface area contributed by atoms with E-state index in [9.17, 15) is 9.90 Å². The Morgan fingerprint density at radius 1 is 1.00 bits per heavy atom. The Labute approximate surface area is 166 Å². The summed E-state index contributed by atoms with van der Waals surface area (Å²) in [4.78, 5) is 16.7. The average Bonchev–Trinajstić information content (AvgIpc) is 3.11. The van der Waals surface area contributed by atoms with E-state index in [0.717, 1.165) is 22.5 Å². The number of nitrogens with zero attached hydrogens (tertiary/aromatic N) is 1. The van der Waals surface area contributed by atoms with Crippen molar-refractivity contribution < 1.29 is 14.6 Å². The molecular weight excluding hydrogens is 372 g/mol. The molecule has 0 aliphatic heterocycles. The summed E-state index contributed by atoms with van der Waals surface area (Å²) < 4.78 is 6.52. The maximum Gasteiger partial charge on any atom is 0.262 e. The Hall–Kier alpha value is -3.38. The van der Waals surface area contributed by atoms with Crippen LogP contribution in [0.2, 0.25) is 0 Å². The van der Waals surface area contributed by atoms with Crippen LogP contribution in [0, 0.1) is 0 Å². The SMILES string of the molecule is O=C(COc1ccccc1O)Nc1ccc(Cc2nc3ccccc3s2)cc1. The Balaban J connectivity index is 1.33. The van der Waals surface area contributed by atoms with Crippen LogP contribution >= 0.6 is 11.3 Å². The number of benzene rings is 3. The fourth-order valence-corrected chi connectivity index (χ4v) is 3.80. The number of ether oxygens (including phenoxy) is 1.